The van der Waals surface area contributed by atoms with Crippen LogP contribution in [0, 0.1) is 0 Å². The lowest BCUT2D eigenvalue weighted by atomic mass is 9.90. The Labute approximate surface area is 179 Å². The van der Waals surface area contributed by atoms with Crippen molar-refractivity contribution in [2.45, 2.75) is 122 Å². The van der Waals surface area contributed by atoms with Crippen molar-refractivity contribution in [2.75, 3.05) is 6.61 Å². The lowest BCUT2D eigenvalue weighted by molar-refractivity contribution is -0.252. The lowest BCUT2D eigenvalue weighted by Crippen LogP contribution is -2.44. The molecule has 3 nitrogen and oxygen atoms in total. The molecule has 1 aliphatic rings. The summed E-state index contributed by atoms with van der Waals surface area (Å²) in [4.78, 5) is 0. The second kappa shape index (κ2) is 12.0. The van der Waals surface area contributed by atoms with Crippen molar-refractivity contribution in [1.82, 2.24) is 5.06 Å². The minimum atomic E-state index is -0.419. The van der Waals surface area contributed by atoms with Crippen LogP contribution in [0.5, 0.6) is 5.75 Å². The lowest BCUT2D eigenvalue weighted by Gasteiger charge is -2.35. The molecule has 0 aliphatic carbocycles. The van der Waals surface area contributed by atoms with Crippen LogP contribution < -0.4 is 4.74 Å². The summed E-state index contributed by atoms with van der Waals surface area (Å²) in [5.41, 5.74) is 0.400. The molecule has 0 N–H and O–H groups in total. The number of benzene rings is 1. The fourth-order valence-electron chi connectivity index (χ4n) is 4.55. The first-order valence-electron chi connectivity index (χ1n) is 12.1. The summed E-state index contributed by atoms with van der Waals surface area (Å²) < 4.78 is 5.92. The number of unbranched alkanes of at least 4 members (excludes halogenated alkanes) is 10. The molecule has 2 rings (SSSR count). The Morgan fingerprint density at radius 1 is 0.793 bits per heavy atom. The summed E-state index contributed by atoms with van der Waals surface area (Å²) in [5.74, 6) is 0.916. The number of hydrogen-bond donors (Lipinski definition) is 0. The van der Waals surface area contributed by atoms with Crippen LogP contribution in [0.15, 0.2) is 24.3 Å². The topological polar surface area (TPSA) is 32.4 Å². The van der Waals surface area contributed by atoms with Crippen molar-refractivity contribution in [1.29, 1.82) is 0 Å². The van der Waals surface area contributed by atoms with Gasteiger partial charge in [0.15, 0.2) is 0 Å². The molecule has 1 radical (unpaired) electrons. The van der Waals surface area contributed by atoms with E-state index in [1.54, 1.807) is 0 Å². The van der Waals surface area contributed by atoms with Gasteiger partial charge in [-0.2, -0.15) is 0 Å². The van der Waals surface area contributed by atoms with E-state index in [1.165, 1.54) is 69.3 Å². The van der Waals surface area contributed by atoms with Crippen molar-refractivity contribution in [3.05, 3.63) is 29.8 Å². The SMILES string of the molecule is CCCCCCCCCCCCCOc1ccc(C2(C)CCC(C)(C)N2[O])cc1. The van der Waals surface area contributed by atoms with Gasteiger partial charge in [-0.3, -0.25) is 0 Å². The molecule has 1 fully saturated rings. The molecule has 1 heterocycles. The third-order valence-electron chi connectivity index (χ3n) is 6.71. The number of hydrogen-bond acceptors (Lipinski definition) is 2. The molecule has 1 unspecified atom stereocenters. The molecule has 0 saturated carbocycles. The van der Waals surface area contributed by atoms with E-state index in [2.05, 4.69) is 26.0 Å². The molecular weight excluding hydrogens is 358 g/mol. The Morgan fingerprint density at radius 2 is 1.31 bits per heavy atom. The van der Waals surface area contributed by atoms with E-state index in [0.717, 1.165) is 37.2 Å². The molecule has 1 atom stereocenters. The highest BCUT2D eigenvalue weighted by atomic mass is 16.5. The maximum absolute atomic E-state index is 12.7. The summed E-state index contributed by atoms with van der Waals surface area (Å²) in [5, 5.41) is 14.0. The highest BCUT2D eigenvalue weighted by molar-refractivity contribution is 5.32. The van der Waals surface area contributed by atoms with E-state index in [4.69, 9.17) is 4.74 Å². The van der Waals surface area contributed by atoms with E-state index < -0.39 is 5.54 Å². The monoisotopic (exact) mass is 402 g/mol. The maximum Gasteiger partial charge on any atom is 0.119 e. The summed E-state index contributed by atoms with van der Waals surface area (Å²) in [6, 6.07) is 8.20. The van der Waals surface area contributed by atoms with E-state index in [0.29, 0.717) is 0 Å². The predicted octanol–water partition coefficient (Wildman–Crippen LogP) is 7.81. The van der Waals surface area contributed by atoms with Gasteiger partial charge in [0.25, 0.3) is 0 Å². The third-order valence-corrected chi connectivity index (χ3v) is 6.71. The standard InChI is InChI=1S/C26H44NO2/c1-5-6-7-8-9-10-11-12-13-14-15-22-29-24-18-16-23(17-19-24)26(4)21-20-25(2,3)27(26)28/h16-19H,5-15,20-22H2,1-4H3. The summed E-state index contributed by atoms with van der Waals surface area (Å²) in [6.45, 7) is 9.20. The fourth-order valence-corrected chi connectivity index (χ4v) is 4.55. The smallest absolute Gasteiger partial charge is 0.119 e. The van der Waals surface area contributed by atoms with Crippen molar-refractivity contribution in [2.24, 2.45) is 0 Å². The average Bonchev–Trinajstić information content (AvgIpc) is 2.93. The second-order valence-corrected chi connectivity index (χ2v) is 9.79. The molecule has 165 valence electrons. The molecule has 0 bridgehead atoms. The molecule has 1 aromatic rings. The van der Waals surface area contributed by atoms with E-state index in [9.17, 15) is 5.21 Å². The number of rotatable bonds is 14. The van der Waals surface area contributed by atoms with Crippen molar-refractivity contribution in [3.8, 4) is 5.75 Å². The predicted molar refractivity (Wildman–Crippen MR) is 122 cm³/mol. The summed E-state index contributed by atoms with van der Waals surface area (Å²) >= 11 is 0. The van der Waals surface area contributed by atoms with E-state index >= 15 is 0 Å². The number of hydroxylamine groups is 2. The van der Waals surface area contributed by atoms with Gasteiger partial charge in [0.1, 0.15) is 5.75 Å². The largest absolute Gasteiger partial charge is 0.494 e. The Morgan fingerprint density at radius 3 is 1.79 bits per heavy atom. The summed E-state index contributed by atoms with van der Waals surface area (Å²) in [7, 11) is 0. The zero-order chi connectivity index (χ0) is 21.2. The van der Waals surface area contributed by atoms with Gasteiger partial charge in [-0.15, -0.1) is 10.3 Å². The Balaban J connectivity index is 1.57. The molecule has 29 heavy (non-hydrogen) atoms. The molecule has 3 heteroatoms. The number of ether oxygens (including phenoxy) is 1. The van der Waals surface area contributed by atoms with Gasteiger partial charge < -0.3 is 4.74 Å². The maximum atomic E-state index is 12.7. The Hall–Kier alpha value is -1.06. The van der Waals surface area contributed by atoms with Crippen LogP contribution in [0.2, 0.25) is 0 Å². The van der Waals surface area contributed by atoms with Gasteiger partial charge in [-0.1, -0.05) is 83.3 Å². The van der Waals surface area contributed by atoms with Gasteiger partial charge in [0.2, 0.25) is 0 Å². The van der Waals surface area contributed by atoms with E-state index in [-0.39, 0.29) is 5.54 Å². The molecule has 0 spiro atoms. The third kappa shape index (κ3) is 7.29. The van der Waals surface area contributed by atoms with Crippen LogP contribution in [-0.2, 0) is 10.7 Å². The highest BCUT2D eigenvalue weighted by Gasteiger charge is 2.49. The molecule has 1 saturated heterocycles. The van der Waals surface area contributed by atoms with Crippen LogP contribution in [0.3, 0.4) is 0 Å². The zero-order valence-electron chi connectivity index (χ0n) is 19.5. The molecule has 1 aromatic carbocycles. The quantitative estimate of drug-likeness (QED) is 0.297. The van der Waals surface area contributed by atoms with Crippen LogP contribution in [-0.4, -0.2) is 17.2 Å². The van der Waals surface area contributed by atoms with Crippen molar-refractivity contribution < 1.29 is 9.94 Å². The minimum Gasteiger partial charge on any atom is -0.494 e. The molecule has 0 amide bonds. The van der Waals surface area contributed by atoms with E-state index in [1.807, 2.05) is 26.0 Å². The average molecular weight is 403 g/mol. The van der Waals surface area contributed by atoms with Gasteiger partial charge in [-0.05, 0) is 57.7 Å². The molecule has 1 aliphatic heterocycles. The van der Waals surface area contributed by atoms with Crippen LogP contribution in [0.4, 0.5) is 0 Å². The zero-order valence-corrected chi connectivity index (χ0v) is 19.5. The van der Waals surface area contributed by atoms with Crippen LogP contribution >= 0.6 is 0 Å². The van der Waals surface area contributed by atoms with Crippen LogP contribution in [0.1, 0.15) is 117 Å². The summed E-state index contributed by atoms with van der Waals surface area (Å²) in [6.07, 6.45) is 16.7. The van der Waals surface area contributed by atoms with Gasteiger partial charge in [0, 0.05) is 5.54 Å². The first-order chi connectivity index (χ1) is 13.9. The Bertz CT molecular complexity index is 569. The fraction of sp³-hybridized carbons (Fsp3) is 0.769. The second-order valence-electron chi connectivity index (χ2n) is 9.79. The van der Waals surface area contributed by atoms with Crippen molar-refractivity contribution in [3.63, 3.8) is 0 Å². The molecule has 0 aromatic heterocycles. The highest BCUT2D eigenvalue weighted by Crippen LogP contribution is 2.46. The minimum absolute atomic E-state index is 0.279. The number of nitrogens with zero attached hydrogens (tertiary/aromatic N) is 1. The first-order valence-corrected chi connectivity index (χ1v) is 12.1. The molecular formula is C26H44NO2. The van der Waals surface area contributed by atoms with Crippen LogP contribution in [0.25, 0.3) is 0 Å². The van der Waals surface area contributed by atoms with Gasteiger partial charge in [0.05, 0.1) is 12.1 Å². The van der Waals surface area contributed by atoms with Gasteiger partial charge in [-0.25, -0.2) is 0 Å². The first kappa shape index (κ1) is 24.2. The normalized spacial score (nSPS) is 21.6. The van der Waals surface area contributed by atoms with Gasteiger partial charge >= 0.3 is 0 Å². The van der Waals surface area contributed by atoms with Crippen molar-refractivity contribution >= 4 is 0 Å². The Kier molecular flexibility index (Phi) is 9.98.